The molecule has 1 heterocycles. The maximum absolute atomic E-state index is 12.0. The number of nitrogens with one attached hydrogen (secondary N) is 2. The Balaban J connectivity index is 1.90. The zero-order valence-electron chi connectivity index (χ0n) is 10.9. The molecule has 1 aliphatic carbocycles. The van der Waals surface area contributed by atoms with Gasteiger partial charge in [-0.3, -0.25) is 4.79 Å². The molecule has 0 spiro atoms. The summed E-state index contributed by atoms with van der Waals surface area (Å²) in [6, 6.07) is 0.296. The predicted octanol–water partition coefficient (Wildman–Crippen LogP) is 2.28. The molecule has 2 atom stereocenters. The topological polar surface area (TPSA) is 66.9 Å². The molecule has 1 fully saturated rings. The van der Waals surface area contributed by atoms with E-state index in [0.29, 0.717) is 16.2 Å². The molecular weight excluding hydrogens is 248 g/mol. The summed E-state index contributed by atoms with van der Waals surface area (Å²) >= 11 is 1.29. The van der Waals surface area contributed by atoms with Crippen molar-refractivity contribution < 1.29 is 4.79 Å². The van der Waals surface area contributed by atoms with Gasteiger partial charge < -0.3 is 10.6 Å². The number of aromatic nitrogens is 2. The second kappa shape index (κ2) is 6.13. The summed E-state index contributed by atoms with van der Waals surface area (Å²) in [6.45, 7) is 2.29. The van der Waals surface area contributed by atoms with Gasteiger partial charge in [0.1, 0.15) is 0 Å². The minimum Gasteiger partial charge on any atom is -0.363 e. The van der Waals surface area contributed by atoms with E-state index < -0.39 is 0 Å². The van der Waals surface area contributed by atoms with Gasteiger partial charge in [-0.1, -0.05) is 31.1 Å². The van der Waals surface area contributed by atoms with Gasteiger partial charge >= 0.3 is 0 Å². The van der Waals surface area contributed by atoms with Crippen molar-refractivity contribution in [1.82, 2.24) is 15.5 Å². The van der Waals surface area contributed by atoms with Crippen LogP contribution < -0.4 is 10.6 Å². The monoisotopic (exact) mass is 268 g/mol. The van der Waals surface area contributed by atoms with E-state index in [4.69, 9.17) is 0 Å². The Morgan fingerprint density at radius 3 is 2.83 bits per heavy atom. The molecule has 0 saturated heterocycles. The van der Waals surface area contributed by atoms with Gasteiger partial charge in [-0.2, -0.15) is 0 Å². The lowest BCUT2D eigenvalue weighted by Gasteiger charge is -2.15. The van der Waals surface area contributed by atoms with E-state index in [2.05, 4.69) is 27.8 Å². The van der Waals surface area contributed by atoms with Crippen LogP contribution in [0, 0.1) is 5.92 Å². The van der Waals surface area contributed by atoms with Crippen LogP contribution >= 0.6 is 11.3 Å². The van der Waals surface area contributed by atoms with Crippen LogP contribution in [-0.2, 0) is 0 Å². The second-order valence-corrected chi connectivity index (χ2v) is 5.92. The lowest BCUT2D eigenvalue weighted by atomic mass is 10.0. The molecule has 1 aliphatic rings. The summed E-state index contributed by atoms with van der Waals surface area (Å²) in [7, 11) is 1.77. The summed E-state index contributed by atoms with van der Waals surface area (Å²) in [5, 5.41) is 14.8. The van der Waals surface area contributed by atoms with Gasteiger partial charge in [-0.15, -0.1) is 10.2 Å². The number of anilines is 1. The normalized spacial score (nSPS) is 24.3. The number of hydrogen-bond acceptors (Lipinski definition) is 5. The summed E-state index contributed by atoms with van der Waals surface area (Å²) in [4.78, 5) is 12.0. The Morgan fingerprint density at radius 1 is 1.28 bits per heavy atom. The molecule has 1 amide bonds. The van der Waals surface area contributed by atoms with Gasteiger partial charge in [-0.05, 0) is 25.2 Å². The molecule has 0 aliphatic heterocycles. The van der Waals surface area contributed by atoms with Crippen LogP contribution in [0.4, 0.5) is 5.13 Å². The fourth-order valence-corrected chi connectivity index (χ4v) is 2.89. The van der Waals surface area contributed by atoms with Gasteiger partial charge in [0.15, 0.2) is 0 Å². The Labute approximate surface area is 111 Å². The quantitative estimate of drug-likeness (QED) is 0.825. The highest BCUT2D eigenvalue weighted by molar-refractivity contribution is 7.17. The Morgan fingerprint density at radius 2 is 2.11 bits per heavy atom. The first-order valence-corrected chi connectivity index (χ1v) is 7.33. The van der Waals surface area contributed by atoms with Gasteiger partial charge in [0.05, 0.1) is 0 Å². The molecule has 18 heavy (non-hydrogen) atoms. The van der Waals surface area contributed by atoms with Crippen molar-refractivity contribution in [2.45, 2.75) is 45.1 Å². The molecule has 100 valence electrons. The summed E-state index contributed by atoms with van der Waals surface area (Å²) in [6.07, 6.45) is 5.82. The molecule has 1 saturated carbocycles. The van der Waals surface area contributed by atoms with Crippen molar-refractivity contribution in [3.8, 4) is 0 Å². The molecule has 5 nitrogen and oxygen atoms in total. The minimum atomic E-state index is -0.0893. The SMILES string of the molecule is CNc1nnc(C(=O)NC2CCCC(C)CC2)s1. The van der Waals surface area contributed by atoms with Crippen LogP contribution in [0.25, 0.3) is 0 Å². The highest BCUT2D eigenvalue weighted by Gasteiger charge is 2.20. The first-order chi connectivity index (χ1) is 8.69. The van der Waals surface area contributed by atoms with Crippen molar-refractivity contribution in [3.05, 3.63) is 5.01 Å². The molecule has 2 rings (SSSR count). The van der Waals surface area contributed by atoms with Crippen molar-refractivity contribution in [2.24, 2.45) is 5.92 Å². The maximum Gasteiger partial charge on any atom is 0.282 e. The molecule has 1 aromatic rings. The average molecular weight is 268 g/mol. The maximum atomic E-state index is 12.0. The highest BCUT2D eigenvalue weighted by atomic mass is 32.1. The zero-order valence-corrected chi connectivity index (χ0v) is 11.7. The fourth-order valence-electron chi connectivity index (χ4n) is 2.29. The van der Waals surface area contributed by atoms with E-state index in [1.165, 1.54) is 30.6 Å². The van der Waals surface area contributed by atoms with Crippen LogP contribution in [0.15, 0.2) is 0 Å². The lowest BCUT2D eigenvalue weighted by molar-refractivity contribution is 0.0932. The van der Waals surface area contributed by atoms with Crippen LogP contribution in [0.3, 0.4) is 0 Å². The largest absolute Gasteiger partial charge is 0.363 e. The second-order valence-electron chi connectivity index (χ2n) is 4.95. The molecule has 2 unspecified atom stereocenters. The number of amides is 1. The highest BCUT2D eigenvalue weighted by Crippen LogP contribution is 2.23. The lowest BCUT2D eigenvalue weighted by Crippen LogP contribution is -2.34. The third kappa shape index (κ3) is 3.41. The number of carbonyl (C=O) groups excluding carboxylic acids is 1. The third-order valence-corrected chi connectivity index (χ3v) is 4.37. The van der Waals surface area contributed by atoms with Crippen LogP contribution in [0.1, 0.15) is 48.8 Å². The molecule has 0 bridgehead atoms. The van der Waals surface area contributed by atoms with Crippen LogP contribution in [-0.4, -0.2) is 29.2 Å². The van der Waals surface area contributed by atoms with E-state index in [9.17, 15) is 4.79 Å². The first kappa shape index (κ1) is 13.3. The molecule has 6 heteroatoms. The van der Waals surface area contributed by atoms with Crippen molar-refractivity contribution in [1.29, 1.82) is 0 Å². The van der Waals surface area contributed by atoms with E-state index in [1.54, 1.807) is 7.05 Å². The number of nitrogens with zero attached hydrogens (tertiary/aromatic N) is 2. The Kier molecular flexibility index (Phi) is 4.52. The van der Waals surface area contributed by atoms with Crippen molar-refractivity contribution >= 4 is 22.4 Å². The third-order valence-electron chi connectivity index (χ3n) is 3.43. The summed E-state index contributed by atoms with van der Waals surface area (Å²) in [5.41, 5.74) is 0. The molecule has 2 N–H and O–H groups in total. The minimum absolute atomic E-state index is 0.0893. The zero-order chi connectivity index (χ0) is 13.0. The average Bonchev–Trinajstić information content (AvgIpc) is 2.76. The standard InChI is InChI=1S/C12H20N4OS/c1-8-4-3-5-9(7-6-8)14-10(17)11-15-16-12(13-2)18-11/h8-9H,3-7H2,1-2H3,(H,13,16)(H,14,17). The molecule has 0 aromatic carbocycles. The predicted molar refractivity (Wildman–Crippen MR) is 73.0 cm³/mol. The summed E-state index contributed by atoms with van der Waals surface area (Å²) < 4.78 is 0. The summed E-state index contributed by atoms with van der Waals surface area (Å²) in [5.74, 6) is 0.692. The van der Waals surface area contributed by atoms with E-state index in [1.807, 2.05) is 0 Å². The fraction of sp³-hybridized carbons (Fsp3) is 0.750. The van der Waals surface area contributed by atoms with Crippen molar-refractivity contribution in [2.75, 3.05) is 12.4 Å². The first-order valence-electron chi connectivity index (χ1n) is 6.51. The van der Waals surface area contributed by atoms with Crippen LogP contribution in [0.5, 0.6) is 0 Å². The number of carbonyl (C=O) groups is 1. The molecular formula is C12H20N4OS. The molecule has 0 radical (unpaired) electrons. The van der Waals surface area contributed by atoms with Gasteiger partial charge in [0.2, 0.25) is 10.1 Å². The van der Waals surface area contributed by atoms with Gasteiger partial charge in [0.25, 0.3) is 5.91 Å². The van der Waals surface area contributed by atoms with E-state index >= 15 is 0 Å². The van der Waals surface area contributed by atoms with Gasteiger partial charge in [-0.25, -0.2) is 0 Å². The Bertz CT molecular complexity index is 407. The van der Waals surface area contributed by atoms with E-state index in [-0.39, 0.29) is 5.91 Å². The Hall–Kier alpha value is -1.17. The van der Waals surface area contributed by atoms with Crippen molar-refractivity contribution in [3.63, 3.8) is 0 Å². The van der Waals surface area contributed by atoms with E-state index in [0.717, 1.165) is 18.8 Å². The van der Waals surface area contributed by atoms with Gasteiger partial charge in [0, 0.05) is 13.1 Å². The number of hydrogen-bond donors (Lipinski definition) is 2. The van der Waals surface area contributed by atoms with Crippen LogP contribution in [0.2, 0.25) is 0 Å². The number of rotatable bonds is 3. The smallest absolute Gasteiger partial charge is 0.282 e. The molecule has 1 aromatic heterocycles.